The van der Waals surface area contributed by atoms with Crippen LogP contribution in [-0.2, 0) is 0 Å². The van der Waals surface area contributed by atoms with Crippen molar-refractivity contribution in [2.75, 3.05) is 5.32 Å². The number of aromatic amines is 1. The molecule has 15 heavy (non-hydrogen) atoms. The van der Waals surface area contributed by atoms with Gasteiger partial charge in [0.05, 0.1) is 16.8 Å². The first-order chi connectivity index (χ1) is 7.25. The molecule has 0 atom stereocenters. The van der Waals surface area contributed by atoms with E-state index in [1.54, 1.807) is 6.20 Å². The topological polar surface area (TPSA) is 83.8 Å². The second-order valence-corrected chi connectivity index (χ2v) is 2.90. The van der Waals surface area contributed by atoms with Crippen LogP contribution in [0.2, 0.25) is 0 Å². The third kappa shape index (κ3) is 2.11. The van der Waals surface area contributed by atoms with Crippen molar-refractivity contribution in [2.24, 2.45) is 0 Å². The van der Waals surface area contributed by atoms with Crippen molar-refractivity contribution < 1.29 is 4.92 Å². The van der Waals surface area contributed by atoms with Crippen LogP contribution in [0, 0.1) is 10.1 Å². The van der Waals surface area contributed by atoms with Gasteiger partial charge in [0.15, 0.2) is 0 Å². The minimum absolute atomic E-state index is 0.0356. The van der Waals surface area contributed by atoms with Crippen molar-refractivity contribution in [2.45, 2.75) is 0 Å². The molecule has 2 N–H and O–H groups in total. The van der Waals surface area contributed by atoms with Gasteiger partial charge in [0.2, 0.25) is 0 Å². The van der Waals surface area contributed by atoms with E-state index >= 15 is 0 Å². The van der Waals surface area contributed by atoms with Crippen LogP contribution in [0.5, 0.6) is 0 Å². The molecule has 2 rings (SSSR count). The largest absolute Gasteiger partial charge is 0.348 e. The molecular weight excluding hydrogens is 196 g/mol. The van der Waals surface area contributed by atoms with Gasteiger partial charge in [-0.2, -0.15) is 0 Å². The molecule has 0 aliphatic rings. The van der Waals surface area contributed by atoms with Gasteiger partial charge in [0, 0.05) is 12.3 Å². The average molecular weight is 204 g/mol. The molecule has 0 amide bonds. The smallest absolute Gasteiger partial charge is 0.289 e. The van der Waals surface area contributed by atoms with Gasteiger partial charge in [0.25, 0.3) is 5.69 Å². The van der Waals surface area contributed by atoms with E-state index in [2.05, 4.69) is 15.3 Å². The predicted molar refractivity (Wildman–Crippen MR) is 55.0 cm³/mol. The monoisotopic (exact) mass is 204 g/mol. The molecule has 0 aliphatic carbocycles. The molecule has 6 nitrogen and oxygen atoms in total. The lowest BCUT2D eigenvalue weighted by Gasteiger charge is -2.02. The number of pyridine rings is 1. The van der Waals surface area contributed by atoms with Crippen LogP contribution in [0.15, 0.2) is 36.8 Å². The summed E-state index contributed by atoms with van der Waals surface area (Å²) in [6, 6.07) is 5.07. The van der Waals surface area contributed by atoms with Crippen LogP contribution in [-0.4, -0.2) is 14.9 Å². The Bertz CT molecular complexity index is 467. The van der Waals surface area contributed by atoms with Gasteiger partial charge in [-0.15, -0.1) is 0 Å². The van der Waals surface area contributed by atoms with Crippen LogP contribution in [0.1, 0.15) is 0 Å². The van der Waals surface area contributed by atoms with Crippen LogP contribution in [0.4, 0.5) is 17.2 Å². The molecule has 2 aromatic heterocycles. The highest BCUT2D eigenvalue weighted by atomic mass is 16.6. The summed E-state index contributed by atoms with van der Waals surface area (Å²) in [6.07, 6.45) is 4.49. The van der Waals surface area contributed by atoms with Gasteiger partial charge in [-0.05, 0) is 12.1 Å². The normalized spacial score (nSPS) is 9.87. The number of hydrogen-bond acceptors (Lipinski definition) is 4. The van der Waals surface area contributed by atoms with Crippen LogP contribution in [0.3, 0.4) is 0 Å². The highest BCUT2D eigenvalue weighted by molar-refractivity contribution is 5.57. The number of nitrogens with one attached hydrogen (secondary N) is 2. The number of H-pyrrole nitrogens is 1. The Balaban J connectivity index is 2.22. The standard InChI is InChI=1S/C9H8N4O2/c14-13(15)8-4-7(5-10-6-8)12-9-2-1-3-11-9/h1-6,11-12H. The number of nitrogens with zero attached hydrogens (tertiary/aromatic N) is 2. The van der Waals surface area contributed by atoms with Gasteiger partial charge >= 0.3 is 0 Å². The quantitative estimate of drug-likeness (QED) is 0.592. The molecule has 6 heteroatoms. The highest BCUT2D eigenvalue weighted by Gasteiger charge is 2.06. The summed E-state index contributed by atoms with van der Waals surface area (Å²) in [5.41, 5.74) is 0.540. The first kappa shape index (κ1) is 9.20. The van der Waals surface area contributed by atoms with Crippen molar-refractivity contribution in [3.8, 4) is 0 Å². The van der Waals surface area contributed by atoms with Gasteiger partial charge in [-0.3, -0.25) is 15.1 Å². The Labute approximate surface area is 85.1 Å². The predicted octanol–water partition coefficient (Wildman–Crippen LogP) is 2.06. The summed E-state index contributed by atoms with van der Waals surface area (Å²) in [7, 11) is 0. The maximum absolute atomic E-state index is 10.5. The molecule has 0 saturated carbocycles. The van der Waals surface area contributed by atoms with Crippen LogP contribution < -0.4 is 5.32 Å². The van der Waals surface area contributed by atoms with Gasteiger partial charge in [-0.25, -0.2) is 0 Å². The van der Waals surface area contributed by atoms with Crippen LogP contribution in [0.25, 0.3) is 0 Å². The summed E-state index contributed by atoms with van der Waals surface area (Å²) in [4.78, 5) is 16.7. The van der Waals surface area contributed by atoms with E-state index in [0.29, 0.717) is 5.69 Å². The highest BCUT2D eigenvalue weighted by Crippen LogP contribution is 2.18. The van der Waals surface area contributed by atoms with E-state index < -0.39 is 4.92 Å². The van der Waals surface area contributed by atoms with Crippen molar-refractivity contribution in [3.05, 3.63) is 46.9 Å². The van der Waals surface area contributed by atoms with Crippen molar-refractivity contribution in [1.82, 2.24) is 9.97 Å². The molecule has 0 fully saturated rings. The zero-order valence-electron chi connectivity index (χ0n) is 7.68. The summed E-state index contributed by atoms with van der Waals surface area (Å²) in [5, 5.41) is 13.4. The molecule has 2 aromatic rings. The minimum atomic E-state index is -0.479. The Morgan fingerprint density at radius 2 is 2.33 bits per heavy atom. The van der Waals surface area contributed by atoms with Gasteiger partial charge in [-0.1, -0.05) is 0 Å². The zero-order chi connectivity index (χ0) is 10.7. The number of nitro groups is 1. The number of aromatic nitrogens is 2. The average Bonchev–Trinajstić information content (AvgIpc) is 2.71. The van der Waals surface area contributed by atoms with E-state index in [9.17, 15) is 10.1 Å². The molecular formula is C9H8N4O2. The molecule has 0 radical (unpaired) electrons. The fourth-order valence-electron chi connectivity index (χ4n) is 1.16. The Morgan fingerprint density at radius 1 is 1.47 bits per heavy atom. The van der Waals surface area contributed by atoms with Crippen LogP contribution >= 0.6 is 0 Å². The molecule has 76 valence electrons. The number of rotatable bonds is 3. The summed E-state index contributed by atoms with van der Waals surface area (Å²) in [6.45, 7) is 0. The lowest BCUT2D eigenvalue weighted by molar-refractivity contribution is -0.385. The molecule has 0 aromatic carbocycles. The second kappa shape index (κ2) is 3.79. The summed E-state index contributed by atoms with van der Waals surface area (Å²) < 4.78 is 0. The maximum Gasteiger partial charge on any atom is 0.289 e. The maximum atomic E-state index is 10.5. The molecule has 0 unspecified atom stereocenters. The van der Waals surface area contributed by atoms with Gasteiger partial charge in [0.1, 0.15) is 12.0 Å². The van der Waals surface area contributed by atoms with E-state index in [1.807, 2.05) is 12.1 Å². The Morgan fingerprint density at radius 3 is 3.00 bits per heavy atom. The lowest BCUT2D eigenvalue weighted by atomic mass is 10.4. The third-order valence-corrected chi connectivity index (χ3v) is 1.81. The minimum Gasteiger partial charge on any atom is -0.348 e. The molecule has 2 heterocycles. The van der Waals surface area contributed by atoms with Crippen molar-refractivity contribution in [3.63, 3.8) is 0 Å². The summed E-state index contributed by atoms with van der Waals surface area (Å²) >= 11 is 0. The fraction of sp³-hybridized carbons (Fsp3) is 0. The lowest BCUT2D eigenvalue weighted by Crippen LogP contribution is -1.94. The Kier molecular flexibility index (Phi) is 2.32. The third-order valence-electron chi connectivity index (χ3n) is 1.81. The Hall–Kier alpha value is -2.37. The van der Waals surface area contributed by atoms with Gasteiger partial charge < -0.3 is 10.3 Å². The van der Waals surface area contributed by atoms with Crippen molar-refractivity contribution in [1.29, 1.82) is 0 Å². The van der Waals surface area contributed by atoms with E-state index in [4.69, 9.17) is 0 Å². The molecule has 0 aliphatic heterocycles. The summed E-state index contributed by atoms with van der Waals surface area (Å²) in [5.74, 6) is 0.761. The number of anilines is 2. The second-order valence-electron chi connectivity index (χ2n) is 2.90. The SMILES string of the molecule is O=[N+]([O-])c1cncc(Nc2ccc[nH]2)c1. The van der Waals surface area contributed by atoms with E-state index in [-0.39, 0.29) is 5.69 Å². The molecule has 0 saturated heterocycles. The van der Waals surface area contributed by atoms with E-state index in [1.165, 1.54) is 18.5 Å². The fourth-order valence-corrected chi connectivity index (χ4v) is 1.16. The number of hydrogen-bond donors (Lipinski definition) is 2. The zero-order valence-corrected chi connectivity index (χ0v) is 7.68. The molecule has 0 spiro atoms. The first-order valence-corrected chi connectivity index (χ1v) is 4.25. The van der Waals surface area contributed by atoms with Crippen molar-refractivity contribution >= 4 is 17.2 Å². The molecule has 0 bridgehead atoms. The van der Waals surface area contributed by atoms with E-state index in [0.717, 1.165) is 5.82 Å². The first-order valence-electron chi connectivity index (χ1n) is 4.25.